The van der Waals surface area contributed by atoms with Gasteiger partial charge >= 0.3 is 0 Å². The summed E-state index contributed by atoms with van der Waals surface area (Å²) in [6.07, 6.45) is 4.96. The third-order valence-corrected chi connectivity index (χ3v) is 4.36. The molecule has 1 fully saturated rings. The maximum Gasteiger partial charge on any atom is 0.224 e. The zero-order valence-corrected chi connectivity index (χ0v) is 12.7. The normalized spacial score (nSPS) is 16.3. The van der Waals surface area contributed by atoms with Gasteiger partial charge in [-0.1, -0.05) is 18.2 Å². The SMILES string of the molecule is CN(C)C(CNC(=O)Cc1c[nH]c2ccccc12)C1CC1. The fourth-order valence-corrected chi connectivity index (χ4v) is 2.98. The van der Waals surface area contributed by atoms with Crippen molar-refractivity contribution in [2.24, 2.45) is 5.92 Å². The summed E-state index contributed by atoms with van der Waals surface area (Å²) < 4.78 is 0. The number of rotatable bonds is 6. The van der Waals surface area contributed by atoms with Crippen LogP contribution in [0.3, 0.4) is 0 Å². The summed E-state index contributed by atoms with van der Waals surface area (Å²) >= 11 is 0. The van der Waals surface area contributed by atoms with Gasteiger partial charge in [0.1, 0.15) is 0 Å². The number of likely N-dealkylation sites (N-methyl/N-ethyl adjacent to an activating group) is 1. The quantitative estimate of drug-likeness (QED) is 0.854. The molecule has 0 radical (unpaired) electrons. The average molecular weight is 285 g/mol. The number of para-hydroxylation sites is 1. The van der Waals surface area contributed by atoms with Crippen molar-refractivity contribution in [3.05, 3.63) is 36.0 Å². The number of nitrogens with one attached hydrogen (secondary N) is 2. The van der Waals surface area contributed by atoms with Crippen molar-refractivity contribution in [2.45, 2.75) is 25.3 Å². The zero-order chi connectivity index (χ0) is 14.8. The first-order valence-electron chi connectivity index (χ1n) is 7.63. The molecule has 2 aromatic rings. The summed E-state index contributed by atoms with van der Waals surface area (Å²) in [7, 11) is 4.18. The maximum absolute atomic E-state index is 12.2. The van der Waals surface area contributed by atoms with Gasteiger partial charge in [0, 0.05) is 29.7 Å². The van der Waals surface area contributed by atoms with Crippen molar-refractivity contribution >= 4 is 16.8 Å². The molecule has 2 N–H and O–H groups in total. The molecule has 21 heavy (non-hydrogen) atoms. The lowest BCUT2D eigenvalue weighted by Crippen LogP contribution is -2.42. The third-order valence-electron chi connectivity index (χ3n) is 4.36. The van der Waals surface area contributed by atoms with Crippen LogP contribution in [0, 0.1) is 5.92 Å². The summed E-state index contributed by atoms with van der Waals surface area (Å²) in [5.74, 6) is 0.862. The van der Waals surface area contributed by atoms with Crippen LogP contribution in [0.1, 0.15) is 18.4 Å². The van der Waals surface area contributed by atoms with E-state index in [9.17, 15) is 4.79 Å². The monoisotopic (exact) mass is 285 g/mol. The molecule has 1 atom stereocenters. The van der Waals surface area contributed by atoms with E-state index in [4.69, 9.17) is 0 Å². The fraction of sp³-hybridized carbons (Fsp3) is 0.471. The molecule has 1 unspecified atom stereocenters. The van der Waals surface area contributed by atoms with Crippen molar-refractivity contribution in [2.75, 3.05) is 20.6 Å². The van der Waals surface area contributed by atoms with Crippen LogP contribution in [-0.4, -0.2) is 42.5 Å². The molecular weight excluding hydrogens is 262 g/mol. The third kappa shape index (κ3) is 3.27. The molecule has 1 aliphatic carbocycles. The van der Waals surface area contributed by atoms with Crippen LogP contribution < -0.4 is 5.32 Å². The standard InChI is InChI=1S/C17H23N3O/c1-20(2)16(12-7-8-12)11-19-17(21)9-13-10-18-15-6-4-3-5-14(13)15/h3-6,10,12,16,18H,7-9,11H2,1-2H3,(H,19,21). The number of carbonyl (C=O) groups is 1. The second kappa shape index (κ2) is 5.90. The summed E-state index contributed by atoms with van der Waals surface area (Å²) in [5.41, 5.74) is 2.15. The topological polar surface area (TPSA) is 48.1 Å². The molecule has 112 valence electrons. The number of fused-ring (bicyclic) bond motifs is 1. The number of hydrogen-bond donors (Lipinski definition) is 2. The highest BCUT2D eigenvalue weighted by molar-refractivity contribution is 5.88. The molecule has 1 amide bonds. The first-order chi connectivity index (χ1) is 10.1. The number of nitrogens with zero attached hydrogens (tertiary/aromatic N) is 1. The highest BCUT2D eigenvalue weighted by Crippen LogP contribution is 2.34. The second-order valence-corrected chi connectivity index (χ2v) is 6.21. The molecule has 0 aliphatic heterocycles. The zero-order valence-electron chi connectivity index (χ0n) is 12.7. The predicted molar refractivity (Wildman–Crippen MR) is 85.2 cm³/mol. The summed E-state index contributed by atoms with van der Waals surface area (Å²) in [6.45, 7) is 0.749. The van der Waals surface area contributed by atoms with Crippen molar-refractivity contribution < 1.29 is 4.79 Å². The Labute approximate surface area is 125 Å². The van der Waals surface area contributed by atoms with Gasteiger partial charge in [0.2, 0.25) is 5.91 Å². The summed E-state index contributed by atoms with van der Waals surface area (Å²) in [6, 6.07) is 8.57. The number of amides is 1. The van der Waals surface area contributed by atoms with Crippen LogP contribution in [0.4, 0.5) is 0 Å². The average Bonchev–Trinajstić information content (AvgIpc) is 3.21. The number of benzene rings is 1. The molecule has 3 rings (SSSR count). The van der Waals surface area contributed by atoms with Crippen molar-refractivity contribution in [3.8, 4) is 0 Å². The van der Waals surface area contributed by atoms with Gasteiger partial charge in [-0.25, -0.2) is 0 Å². The molecular formula is C17H23N3O. The lowest BCUT2D eigenvalue weighted by atomic mass is 10.1. The lowest BCUT2D eigenvalue weighted by Gasteiger charge is -2.24. The van der Waals surface area contributed by atoms with Crippen molar-refractivity contribution in [1.29, 1.82) is 0 Å². The van der Waals surface area contributed by atoms with E-state index in [1.54, 1.807) is 0 Å². The molecule has 4 heteroatoms. The molecule has 1 saturated carbocycles. The van der Waals surface area contributed by atoms with Gasteiger partial charge in [-0.3, -0.25) is 4.79 Å². The van der Waals surface area contributed by atoms with Crippen LogP contribution in [-0.2, 0) is 11.2 Å². The first kappa shape index (κ1) is 14.1. The lowest BCUT2D eigenvalue weighted by molar-refractivity contribution is -0.120. The van der Waals surface area contributed by atoms with E-state index in [1.165, 1.54) is 12.8 Å². The molecule has 1 aromatic carbocycles. The highest BCUT2D eigenvalue weighted by atomic mass is 16.1. The Bertz CT molecular complexity index is 626. The number of aromatic amines is 1. The Kier molecular flexibility index (Phi) is 3.97. The van der Waals surface area contributed by atoms with Gasteiger partial charge in [0.05, 0.1) is 6.42 Å². The van der Waals surface area contributed by atoms with E-state index in [-0.39, 0.29) is 5.91 Å². The predicted octanol–water partition coefficient (Wildman–Crippen LogP) is 2.17. The number of hydrogen-bond acceptors (Lipinski definition) is 2. The minimum Gasteiger partial charge on any atom is -0.361 e. The van der Waals surface area contributed by atoms with E-state index in [1.807, 2.05) is 24.4 Å². The van der Waals surface area contributed by atoms with Gasteiger partial charge in [-0.15, -0.1) is 0 Å². The first-order valence-corrected chi connectivity index (χ1v) is 7.63. The minimum absolute atomic E-state index is 0.104. The van der Waals surface area contributed by atoms with Crippen LogP contribution in [0.25, 0.3) is 10.9 Å². The van der Waals surface area contributed by atoms with E-state index in [2.05, 4.69) is 35.4 Å². The number of carbonyl (C=O) groups excluding carboxylic acids is 1. The molecule has 0 saturated heterocycles. The molecule has 0 spiro atoms. The number of aromatic nitrogens is 1. The Balaban J connectivity index is 1.59. The molecule has 1 aromatic heterocycles. The van der Waals surface area contributed by atoms with Crippen LogP contribution in [0.5, 0.6) is 0 Å². The van der Waals surface area contributed by atoms with Gasteiger partial charge in [0.15, 0.2) is 0 Å². The van der Waals surface area contributed by atoms with E-state index in [0.717, 1.165) is 28.9 Å². The maximum atomic E-state index is 12.2. The number of H-pyrrole nitrogens is 1. The molecule has 4 nitrogen and oxygen atoms in total. The van der Waals surface area contributed by atoms with E-state index in [0.29, 0.717) is 12.5 Å². The Hall–Kier alpha value is -1.81. The van der Waals surface area contributed by atoms with Crippen molar-refractivity contribution in [1.82, 2.24) is 15.2 Å². The Morgan fingerprint density at radius 2 is 2.14 bits per heavy atom. The van der Waals surface area contributed by atoms with Gasteiger partial charge < -0.3 is 15.2 Å². The molecule has 1 aliphatic rings. The van der Waals surface area contributed by atoms with E-state index < -0.39 is 0 Å². The Morgan fingerprint density at radius 3 is 2.86 bits per heavy atom. The minimum atomic E-state index is 0.104. The van der Waals surface area contributed by atoms with Crippen LogP contribution in [0.2, 0.25) is 0 Å². The second-order valence-electron chi connectivity index (χ2n) is 6.21. The van der Waals surface area contributed by atoms with Crippen LogP contribution >= 0.6 is 0 Å². The van der Waals surface area contributed by atoms with Crippen LogP contribution in [0.15, 0.2) is 30.5 Å². The van der Waals surface area contributed by atoms with Gasteiger partial charge in [0.25, 0.3) is 0 Å². The van der Waals surface area contributed by atoms with E-state index >= 15 is 0 Å². The van der Waals surface area contributed by atoms with Gasteiger partial charge in [-0.2, -0.15) is 0 Å². The van der Waals surface area contributed by atoms with Gasteiger partial charge in [-0.05, 0) is 44.5 Å². The highest BCUT2D eigenvalue weighted by Gasteiger charge is 2.32. The summed E-state index contributed by atoms with van der Waals surface area (Å²) in [5, 5.41) is 4.23. The van der Waals surface area contributed by atoms with Crippen molar-refractivity contribution in [3.63, 3.8) is 0 Å². The Morgan fingerprint density at radius 1 is 1.38 bits per heavy atom. The largest absolute Gasteiger partial charge is 0.361 e. The smallest absolute Gasteiger partial charge is 0.224 e. The summed E-state index contributed by atoms with van der Waals surface area (Å²) in [4.78, 5) is 17.6. The molecule has 0 bridgehead atoms. The fourth-order valence-electron chi connectivity index (χ4n) is 2.98. The molecule has 1 heterocycles.